The number of halogens is 2. The van der Waals surface area contributed by atoms with E-state index in [9.17, 15) is 13.6 Å². The Hall–Kier alpha value is -1.49. The summed E-state index contributed by atoms with van der Waals surface area (Å²) < 4.78 is 26.8. The van der Waals surface area contributed by atoms with Gasteiger partial charge in [-0.15, -0.1) is 0 Å². The zero-order chi connectivity index (χ0) is 13.8. The highest BCUT2D eigenvalue weighted by molar-refractivity contribution is 5.79. The lowest BCUT2D eigenvalue weighted by molar-refractivity contribution is -0.121. The molecule has 1 aliphatic rings. The van der Waals surface area contributed by atoms with Crippen molar-refractivity contribution < 1.29 is 13.6 Å². The summed E-state index contributed by atoms with van der Waals surface area (Å²) >= 11 is 0. The number of nitrogens with two attached hydrogens (primary N) is 1. The van der Waals surface area contributed by atoms with E-state index in [0.29, 0.717) is 0 Å². The third kappa shape index (κ3) is 3.50. The SMILES string of the molecule is N[C@@H]1CCCC[C@H]1NC(=O)Cc1c(F)cccc1F. The van der Waals surface area contributed by atoms with Crippen molar-refractivity contribution >= 4 is 5.91 Å². The summed E-state index contributed by atoms with van der Waals surface area (Å²) in [6, 6.07) is 3.43. The molecular formula is C14H18F2N2O. The first-order valence-electron chi connectivity index (χ1n) is 6.56. The van der Waals surface area contributed by atoms with Gasteiger partial charge in [-0.05, 0) is 25.0 Å². The van der Waals surface area contributed by atoms with E-state index in [1.165, 1.54) is 6.07 Å². The van der Waals surface area contributed by atoms with Crippen LogP contribution in [0.25, 0.3) is 0 Å². The van der Waals surface area contributed by atoms with Crippen molar-refractivity contribution in [2.24, 2.45) is 5.73 Å². The van der Waals surface area contributed by atoms with Gasteiger partial charge in [0, 0.05) is 17.6 Å². The van der Waals surface area contributed by atoms with Crippen molar-refractivity contribution in [3.63, 3.8) is 0 Å². The first-order chi connectivity index (χ1) is 9.08. The van der Waals surface area contributed by atoms with E-state index in [1.807, 2.05) is 0 Å². The highest BCUT2D eigenvalue weighted by atomic mass is 19.1. The van der Waals surface area contributed by atoms with Crippen molar-refractivity contribution in [1.82, 2.24) is 5.32 Å². The van der Waals surface area contributed by atoms with Crippen LogP contribution in [0, 0.1) is 11.6 Å². The number of hydrogen-bond donors (Lipinski definition) is 2. The van der Waals surface area contributed by atoms with Gasteiger partial charge in [0.05, 0.1) is 6.42 Å². The molecule has 2 rings (SSSR count). The predicted molar refractivity (Wildman–Crippen MR) is 68.4 cm³/mol. The van der Waals surface area contributed by atoms with E-state index < -0.39 is 11.6 Å². The Kier molecular flexibility index (Phi) is 4.47. The van der Waals surface area contributed by atoms with Crippen LogP contribution in [0.2, 0.25) is 0 Å². The smallest absolute Gasteiger partial charge is 0.224 e. The van der Waals surface area contributed by atoms with Crippen LogP contribution in [0.4, 0.5) is 8.78 Å². The summed E-state index contributed by atoms with van der Waals surface area (Å²) in [5.41, 5.74) is 5.73. The van der Waals surface area contributed by atoms with Crippen LogP contribution in [0.1, 0.15) is 31.2 Å². The molecule has 0 spiro atoms. The molecule has 104 valence electrons. The number of carbonyl (C=O) groups excluding carboxylic acids is 1. The molecule has 0 bridgehead atoms. The quantitative estimate of drug-likeness (QED) is 0.879. The molecule has 5 heteroatoms. The molecular weight excluding hydrogens is 250 g/mol. The molecule has 1 aromatic rings. The number of amides is 1. The summed E-state index contributed by atoms with van der Waals surface area (Å²) in [4.78, 5) is 11.8. The molecule has 1 aromatic carbocycles. The van der Waals surface area contributed by atoms with Crippen LogP contribution >= 0.6 is 0 Å². The van der Waals surface area contributed by atoms with Gasteiger partial charge in [0.2, 0.25) is 5.91 Å². The molecule has 1 amide bonds. The second-order valence-electron chi connectivity index (χ2n) is 5.00. The van der Waals surface area contributed by atoms with E-state index in [1.54, 1.807) is 0 Å². The van der Waals surface area contributed by atoms with Crippen molar-refractivity contribution in [3.05, 3.63) is 35.4 Å². The summed E-state index contributed by atoms with van der Waals surface area (Å²) in [5.74, 6) is -1.77. The number of benzene rings is 1. The van der Waals surface area contributed by atoms with Crippen molar-refractivity contribution in [1.29, 1.82) is 0 Å². The second-order valence-corrected chi connectivity index (χ2v) is 5.00. The van der Waals surface area contributed by atoms with Gasteiger partial charge in [-0.1, -0.05) is 18.9 Å². The first kappa shape index (κ1) is 13.9. The third-order valence-corrected chi connectivity index (χ3v) is 3.56. The lowest BCUT2D eigenvalue weighted by Crippen LogP contribution is -2.49. The van der Waals surface area contributed by atoms with Gasteiger partial charge in [-0.25, -0.2) is 8.78 Å². The third-order valence-electron chi connectivity index (χ3n) is 3.56. The van der Waals surface area contributed by atoms with Crippen LogP contribution in [0.3, 0.4) is 0 Å². The molecule has 1 saturated carbocycles. The van der Waals surface area contributed by atoms with E-state index in [4.69, 9.17) is 5.73 Å². The van der Waals surface area contributed by atoms with Gasteiger partial charge < -0.3 is 11.1 Å². The van der Waals surface area contributed by atoms with E-state index in [0.717, 1.165) is 37.8 Å². The van der Waals surface area contributed by atoms with E-state index in [2.05, 4.69) is 5.32 Å². The maximum atomic E-state index is 13.4. The fraction of sp³-hybridized carbons (Fsp3) is 0.500. The average molecular weight is 268 g/mol. The Morgan fingerprint density at radius 2 is 1.89 bits per heavy atom. The predicted octanol–water partition coefficient (Wildman–Crippen LogP) is 1.89. The Balaban J connectivity index is 1.97. The molecule has 1 fully saturated rings. The van der Waals surface area contributed by atoms with Gasteiger partial charge in [0.25, 0.3) is 0 Å². The Morgan fingerprint density at radius 1 is 1.26 bits per heavy atom. The minimum atomic E-state index is -0.692. The fourth-order valence-electron chi connectivity index (χ4n) is 2.46. The second kappa shape index (κ2) is 6.10. The molecule has 1 aliphatic carbocycles. The van der Waals surface area contributed by atoms with Crippen molar-refractivity contribution in [3.8, 4) is 0 Å². The summed E-state index contributed by atoms with van der Waals surface area (Å²) in [7, 11) is 0. The zero-order valence-corrected chi connectivity index (χ0v) is 10.7. The fourth-order valence-corrected chi connectivity index (χ4v) is 2.46. The van der Waals surface area contributed by atoms with Gasteiger partial charge >= 0.3 is 0 Å². The molecule has 0 aromatic heterocycles. The summed E-state index contributed by atoms with van der Waals surface area (Å²) in [6.45, 7) is 0. The highest BCUT2D eigenvalue weighted by Gasteiger charge is 2.24. The molecule has 0 aliphatic heterocycles. The van der Waals surface area contributed by atoms with Crippen LogP contribution < -0.4 is 11.1 Å². The lowest BCUT2D eigenvalue weighted by atomic mass is 9.91. The molecule has 0 radical (unpaired) electrons. The first-order valence-corrected chi connectivity index (χ1v) is 6.56. The summed E-state index contributed by atoms with van der Waals surface area (Å²) in [6.07, 6.45) is 3.50. The normalized spacial score (nSPS) is 23.1. The van der Waals surface area contributed by atoms with E-state index in [-0.39, 0.29) is 30.0 Å². The maximum Gasteiger partial charge on any atom is 0.224 e. The zero-order valence-electron chi connectivity index (χ0n) is 10.7. The van der Waals surface area contributed by atoms with Crippen LogP contribution in [0.15, 0.2) is 18.2 Å². The molecule has 0 saturated heterocycles. The molecule has 19 heavy (non-hydrogen) atoms. The molecule has 2 atom stereocenters. The number of rotatable bonds is 3. The van der Waals surface area contributed by atoms with Crippen LogP contribution in [-0.2, 0) is 11.2 Å². The van der Waals surface area contributed by atoms with E-state index >= 15 is 0 Å². The highest BCUT2D eigenvalue weighted by Crippen LogP contribution is 2.17. The topological polar surface area (TPSA) is 55.1 Å². The largest absolute Gasteiger partial charge is 0.352 e. The van der Waals surface area contributed by atoms with Crippen LogP contribution in [0.5, 0.6) is 0 Å². The number of hydrogen-bond acceptors (Lipinski definition) is 2. The number of carbonyl (C=O) groups is 1. The molecule has 0 unspecified atom stereocenters. The van der Waals surface area contributed by atoms with Crippen molar-refractivity contribution in [2.75, 3.05) is 0 Å². The van der Waals surface area contributed by atoms with Gasteiger partial charge in [0.1, 0.15) is 11.6 Å². The Bertz CT molecular complexity index is 445. The van der Waals surface area contributed by atoms with Gasteiger partial charge in [-0.2, -0.15) is 0 Å². The Morgan fingerprint density at radius 3 is 2.53 bits per heavy atom. The van der Waals surface area contributed by atoms with Crippen LogP contribution in [-0.4, -0.2) is 18.0 Å². The van der Waals surface area contributed by atoms with Crippen molar-refractivity contribution in [2.45, 2.75) is 44.2 Å². The van der Waals surface area contributed by atoms with Gasteiger partial charge in [-0.3, -0.25) is 4.79 Å². The van der Waals surface area contributed by atoms with Gasteiger partial charge in [0.15, 0.2) is 0 Å². The monoisotopic (exact) mass is 268 g/mol. The maximum absolute atomic E-state index is 13.4. The summed E-state index contributed by atoms with van der Waals surface area (Å²) in [5, 5.41) is 2.77. The molecule has 3 N–H and O–H groups in total. The molecule has 3 nitrogen and oxygen atoms in total. The minimum absolute atomic E-state index is 0.0665. The average Bonchev–Trinajstić information content (AvgIpc) is 2.37. The molecule has 0 heterocycles. The standard InChI is InChI=1S/C14H18F2N2O/c15-10-4-3-5-11(16)9(10)8-14(19)18-13-7-2-1-6-12(13)17/h3-5,12-13H,1-2,6-8,17H2,(H,18,19)/t12-,13-/m1/s1. The minimum Gasteiger partial charge on any atom is -0.352 e. The lowest BCUT2D eigenvalue weighted by Gasteiger charge is -2.29. The number of nitrogens with one attached hydrogen (secondary N) is 1. The Labute approximate surface area is 111 Å².